The molecule has 1 aromatic heterocycles. The van der Waals surface area contributed by atoms with Gasteiger partial charge in [-0.3, -0.25) is 14.9 Å². The molecule has 29 heavy (non-hydrogen) atoms. The topological polar surface area (TPSA) is 99.6 Å². The molecule has 1 aromatic carbocycles. The average Bonchev–Trinajstić information content (AvgIpc) is 3.14. The van der Waals surface area contributed by atoms with Gasteiger partial charge >= 0.3 is 5.97 Å². The number of ether oxygens (including phenoxy) is 3. The summed E-state index contributed by atoms with van der Waals surface area (Å²) in [6, 6.07) is 5.00. The lowest BCUT2D eigenvalue weighted by molar-refractivity contribution is -0.142. The van der Waals surface area contributed by atoms with E-state index in [0.717, 1.165) is 0 Å². The summed E-state index contributed by atoms with van der Waals surface area (Å²) in [6.45, 7) is 8.71. The second kappa shape index (κ2) is 11.6. The first-order valence-electron chi connectivity index (χ1n) is 9.40. The van der Waals surface area contributed by atoms with Crippen molar-refractivity contribution in [3.05, 3.63) is 23.8 Å². The van der Waals surface area contributed by atoms with Crippen molar-refractivity contribution in [3.8, 4) is 11.5 Å². The monoisotopic (exact) mass is 439 g/mol. The van der Waals surface area contributed by atoms with Gasteiger partial charge in [-0.2, -0.15) is 0 Å². The second-order valence-corrected chi connectivity index (χ2v) is 8.05. The predicted octanol–water partition coefficient (Wildman–Crippen LogP) is 4.02. The van der Waals surface area contributed by atoms with Gasteiger partial charge in [0.1, 0.15) is 5.25 Å². The number of amides is 1. The molecule has 1 atom stereocenters. The van der Waals surface area contributed by atoms with Gasteiger partial charge in [-0.1, -0.05) is 30.0 Å². The number of benzene rings is 1. The Morgan fingerprint density at radius 1 is 1.07 bits per heavy atom. The van der Waals surface area contributed by atoms with Crippen LogP contribution in [-0.2, 0) is 9.53 Å². The largest absolute Gasteiger partial charge is 0.490 e. The number of esters is 1. The van der Waals surface area contributed by atoms with Crippen molar-refractivity contribution in [1.82, 2.24) is 10.2 Å². The Bertz CT molecular complexity index is 828. The number of carbonyl (C=O) groups excluding carboxylic acids is 2. The summed E-state index contributed by atoms with van der Waals surface area (Å²) in [5, 5.41) is 10.8. The van der Waals surface area contributed by atoms with Crippen molar-refractivity contribution >= 4 is 40.1 Å². The molecule has 1 N–H and O–H groups in total. The number of anilines is 1. The molecular formula is C19H25N3O5S2. The van der Waals surface area contributed by atoms with Gasteiger partial charge in [0, 0.05) is 5.56 Å². The van der Waals surface area contributed by atoms with Crippen LogP contribution in [0.5, 0.6) is 11.5 Å². The van der Waals surface area contributed by atoms with Gasteiger partial charge in [-0.15, -0.1) is 10.2 Å². The highest BCUT2D eigenvalue weighted by molar-refractivity contribution is 8.02. The van der Waals surface area contributed by atoms with Crippen LogP contribution in [0.25, 0.3) is 0 Å². The lowest BCUT2D eigenvalue weighted by Crippen LogP contribution is -2.19. The van der Waals surface area contributed by atoms with E-state index in [0.29, 0.717) is 52.8 Å². The second-order valence-electron chi connectivity index (χ2n) is 5.62. The van der Waals surface area contributed by atoms with E-state index >= 15 is 0 Å². The van der Waals surface area contributed by atoms with Crippen LogP contribution in [0.2, 0.25) is 0 Å². The van der Waals surface area contributed by atoms with Gasteiger partial charge in [0.05, 0.1) is 19.8 Å². The molecule has 0 aliphatic carbocycles. The molecule has 158 valence electrons. The van der Waals surface area contributed by atoms with Gasteiger partial charge in [0.2, 0.25) is 5.13 Å². The highest BCUT2D eigenvalue weighted by atomic mass is 32.2. The predicted molar refractivity (Wildman–Crippen MR) is 113 cm³/mol. The molecule has 1 amide bonds. The molecule has 0 fully saturated rings. The SMILES string of the molecule is CCOC(=O)C(CC)Sc1nnc(NC(=O)c2ccc(OCC)c(OCC)c2)s1. The minimum Gasteiger partial charge on any atom is -0.490 e. The third kappa shape index (κ3) is 6.60. The Hall–Kier alpha value is -2.33. The van der Waals surface area contributed by atoms with Gasteiger partial charge < -0.3 is 14.2 Å². The van der Waals surface area contributed by atoms with Crippen LogP contribution in [0, 0.1) is 0 Å². The van der Waals surface area contributed by atoms with Gasteiger partial charge in [-0.25, -0.2) is 0 Å². The van der Waals surface area contributed by atoms with E-state index in [-0.39, 0.29) is 17.1 Å². The number of carbonyl (C=O) groups is 2. The van der Waals surface area contributed by atoms with Gasteiger partial charge in [0.25, 0.3) is 5.91 Å². The van der Waals surface area contributed by atoms with Crippen molar-refractivity contribution in [1.29, 1.82) is 0 Å². The summed E-state index contributed by atoms with van der Waals surface area (Å²) in [6.07, 6.45) is 0.608. The molecule has 10 heteroatoms. The Morgan fingerprint density at radius 2 is 1.79 bits per heavy atom. The number of nitrogens with one attached hydrogen (secondary N) is 1. The Kier molecular flexibility index (Phi) is 9.20. The Labute approximate surface area is 178 Å². The zero-order valence-electron chi connectivity index (χ0n) is 16.9. The number of aromatic nitrogens is 2. The number of thioether (sulfide) groups is 1. The maximum Gasteiger partial charge on any atom is 0.319 e. The quantitative estimate of drug-likeness (QED) is 0.318. The third-order valence-electron chi connectivity index (χ3n) is 3.60. The number of hydrogen-bond acceptors (Lipinski definition) is 9. The maximum atomic E-state index is 12.6. The molecule has 1 unspecified atom stereocenters. The van der Waals surface area contributed by atoms with Crippen LogP contribution in [-0.4, -0.2) is 47.1 Å². The van der Waals surface area contributed by atoms with Crippen LogP contribution in [0.3, 0.4) is 0 Å². The number of nitrogens with zero attached hydrogens (tertiary/aromatic N) is 2. The summed E-state index contributed by atoms with van der Waals surface area (Å²) in [4.78, 5) is 24.5. The molecule has 0 saturated heterocycles. The molecule has 0 radical (unpaired) electrons. The molecule has 0 bridgehead atoms. The molecule has 8 nitrogen and oxygen atoms in total. The van der Waals surface area contributed by atoms with Gasteiger partial charge in [-0.05, 0) is 45.4 Å². The first-order chi connectivity index (χ1) is 14.0. The van der Waals surface area contributed by atoms with Crippen LogP contribution in [0.4, 0.5) is 5.13 Å². The summed E-state index contributed by atoms with van der Waals surface area (Å²) >= 11 is 2.49. The van der Waals surface area contributed by atoms with Crippen molar-refractivity contribution in [2.75, 3.05) is 25.1 Å². The van der Waals surface area contributed by atoms with E-state index < -0.39 is 0 Å². The van der Waals surface area contributed by atoms with Gasteiger partial charge in [0.15, 0.2) is 15.8 Å². The molecule has 0 aliphatic rings. The summed E-state index contributed by atoms with van der Waals surface area (Å²) in [5.41, 5.74) is 0.416. The van der Waals surface area contributed by atoms with E-state index in [1.807, 2.05) is 20.8 Å². The molecule has 2 rings (SSSR count). The highest BCUT2D eigenvalue weighted by Gasteiger charge is 2.22. The van der Waals surface area contributed by atoms with Crippen LogP contribution < -0.4 is 14.8 Å². The van der Waals surface area contributed by atoms with Crippen LogP contribution in [0.15, 0.2) is 22.5 Å². The summed E-state index contributed by atoms with van der Waals surface area (Å²) < 4.78 is 16.7. The standard InChI is InChI=1S/C19H25N3O5S2/c1-5-15(17(24)27-8-4)28-19-22-21-18(29-19)20-16(23)12-9-10-13(25-6-2)14(11-12)26-7-3/h9-11,15H,5-8H2,1-4H3,(H,20,21,23). The Balaban J connectivity index is 2.06. The molecule has 1 heterocycles. The zero-order chi connectivity index (χ0) is 21.2. The van der Waals surface area contributed by atoms with Crippen molar-refractivity contribution in [2.24, 2.45) is 0 Å². The van der Waals surface area contributed by atoms with Crippen molar-refractivity contribution in [3.63, 3.8) is 0 Å². The molecule has 0 spiro atoms. The minimum absolute atomic E-state index is 0.279. The van der Waals surface area contributed by atoms with E-state index in [1.165, 1.54) is 23.1 Å². The van der Waals surface area contributed by atoms with Crippen LogP contribution in [0.1, 0.15) is 44.5 Å². The lowest BCUT2D eigenvalue weighted by Gasteiger charge is -2.12. The normalized spacial score (nSPS) is 11.6. The van der Waals surface area contributed by atoms with Crippen LogP contribution >= 0.6 is 23.1 Å². The number of hydrogen-bond donors (Lipinski definition) is 1. The molecular weight excluding hydrogens is 414 g/mol. The first kappa shape index (κ1) is 23.0. The number of rotatable bonds is 11. The van der Waals surface area contributed by atoms with Crippen molar-refractivity contribution in [2.45, 2.75) is 43.7 Å². The highest BCUT2D eigenvalue weighted by Crippen LogP contribution is 2.32. The summed E-state index contributed by atoms with van der Waals surface area (Å²) in [7, 11) is 0. The fraction of sp³-hybridized carbons (Fsp3) is 0.474. The first-order valence-corrected chi connectivity index (χ1v) is 11.1. The summed E-state index contributed by atoms with van der Waals surface area (Å²) in [5.74, 6) is 0.485. The van der Waals surface area contributed by atoms with E-state index in [1.54, 1.807) is 25.1 Å². The van der Waals surface area contributed by atoms with E-state index in [2.05, 4.69) is 15.5 Å². The van der Waals surface area contributed by atoms with E-state index in [9.17, 15) is 9.59 Å². The molecule has 0 aliphatic heterocycles. The molecule has 0 saturated carbocycles. The lowest BCUT2D eigenvalue weighted by atomic mass is 10.2. The Morgan fingerprint density at radius 3 is 2.45 bits per heavy atom. The fourth-order valence-corrected chi connectivity index (χ4v) is 4.24. The van der Waals surface area contributed by atoms with E-state index in [4.69, 9.17) is 14.2 Å². The third-order valence-corrected chi connectivity index (χ3v) is 5.86. The maximum absolute atomic E-state index is 12.6. The minimum atomic E-state index is -0.355. The van der Waals surface area contributed by atoms with Crippen molar-refractivity contribution < 1.29 is 23.8 Å². The zero-order valence-corrected chi connectivity index (χ0v) is 18.5. The molecule has 2 aromatic rings. The average molecular weight is 440 g/mol. The fourth-order valence-electron chi connectivity index (χ4n) is 2.32. The smallest absolute Gasteiger partial charge is 0.319 e.